The molecule has 2 aliphatic rings. The van der Waals surface area contributed by atoms with Gasteiger partial charge in [0, 0.05) is 31.2 Å². The highest BCUT2D eigenvalue weighted by molar-refractivity contribution is 5.89. The van der Waals surface area contributed by atoms with Crippen LogP contribution in [0.1, 0.15) is 47.2 Å². The molecule has 4 atom stereocenters. The highest BCUT2D eigenvalue weighted by Crippen LogP contribution is 2.43. The van der Waals surface area contributed by atoms with Crippen LogP contribution < -0.4 is 0 Å². The van der Waals surface area contributed by atoms with Crippen LogP contribution in [0.25, 0.3) is 0 Å². The molecule has 0 aliphatic carbocycles. The number of esters is 1. The van der Waals surface area contributed by atoms with Crippen LogP contribution in [0, 0.1) is 6.92 Å². The standard InChI is InChI=1S/C23H28NO2/c1-17-8-10-18(11-9-17)16-24(2)20-12-13-21(24)15-22(14-20)26-23(25)19-6-4-3-5-7-19/h3-11,20-22H,12-16H2,1-2H3/q+1/t20-,21+,22?,24?. The number of hydrogen-bond acceptors (Lipinski definition) is 2. The summed E-state index contributed by atoms with van der Waals surface area (Å²) in [6.07, 6.45) is 4.51. The predicted octanol–water partition coefficient (Wildman–Crippen LogP) is 4.49. The molecule has 0 spiro atoms. The van der Waals surface area contributed by atoms with Crippen molar-refractivity contribution in [1.29, 1.82) is 0 Å². The molecule has 2 saturated heterocycles. The van der Waals surface area contributed by atoms with Gasteiger partial charge in [-0.3, -0.25) is 0 Å². The zero-order chi connectivity index (χ0) is 18.1. The Morgan fingerprint density at radius 2 is 1.62 bits per heavy atom. The number of quaternary nitrogens is 1. The van der Waals surface area contributed by atoms with Crippen molar-refractivity contribution in [2.24, 2.45) is 0 Å². The van der Waals surface area contributed by atoms with Gasteiger partial charge in [0.25, 0.3) is 0 Å². The van der Waals surface area contributed by atoms with Crippen molar-refractivity contribution in [2.75, 3.05) is 7.05 Å². The molecule has 2 bridgehead atoms. The number of benzene rings is 2. The first-order valence-corrected chi connectivity index (χ1v) is 9.71. The summed E-state index contributed by atoms with van der Waals surface area (Å²) in [5.41, 5.74) is 3.38. The lowest BCUT2D eigenvalue weighted by Gasteiger charge is -2.46. The van der Waals surface area contributed by atoms with E-state index < -0.39 is 0 Å². The lowest BCUT2D eigenvalue weighted by Crippen LogP contribution is -2.58. The van der Waals surface area contributed by atoms with Crippen molar-refractivity contribution in [3.8, 4) is 0 Å². The van der Waals surface area contributed by atoms with Crippen LogP contribution >= 0.6 is 0 Å². The van der Waals surface area contributed by atoms with E-state index in [9.17, 15) is 4.79 Å². The van der Waals surface area contributed by atoms with E-state index in [1.54, 1.807) is 0 Å². The minimum atomic E-state index is -0.176. The number of carbonyl (C=O) groups excluding carboxylic acids is 1. The van der Waals surface area contributed by atoms with Crippen LogP contribution in [-0.4, -0.2) is 35.7 Å². The third-order valence-corrected chi connectivity index (χ3v) is 6.50. The van der Waals surface area contributed by atoms with Crippen LogP contribution in [0.15, 0.2) is 54.6 Å². The number of hydrogen-bond donors (Lipinski definition) is 0. The van der Waals surface area contributed by atoms with E-state index in [1.807, 2.05) is 30.3 Å². The predicted molar refractivity (Wildman–Crippen MR) is 103 cm³/mol. The first-order chi connectivity index (χ1) is 12.5. The van der Waals surface area contributed by atoms with Crippen LogP contribution in [0.5, 0.6) is 0 Å². The van der Waals surface area contributed by atoms with Gasteiger partial charge in [0.2, 0.25) is 0 Å². The number of nitrogens with zero attached hydrogens (tertiary/aromatic N) is 1. The topological polar surface area (TPSA) is 26.3 Å². The molecule has 2 unspecified atom stereocenters. The van der Waals surface area contributed by atoms with Crippen LogP contribution in [0.4, 0.5) is 0 Å². The molecule has 2 heterocycles. The first-order valence-electron chi connectivity index (χ1n) is 9.71. The van der Waals surface area contributed by atoms with Crippen molar-refractivity contribution in [1.82, 2.24) is 0 Å². The summed E-state index contributed by atoms with van der Waals surface area (Å²) >= 11 is 0. The smallest absolute Gasteiger partial charge is 0.338 e. The zero-order valence-electron chi connectivity index (χ0n) is 15.7. The molecule has 0 radical (unpaired) electrons. The average Bonchev–Trinajstić information content (AvgIpc) is 2.82. The minimum Gasteiger partial charge on any atom is -0.458 e. The van der Waals surface area contributed by atoms with Gasteiger partial charge in [0.15, 0.2) is 0 Å². The summed E-state index contributed by atoms with van der Waals surface area (Å²) in [5, 5.41) is 0. The Morgan fingerprint density at radius 3 is 2.23 bits per heavy atom. The molecular formula is C23H28NO2+. The molecule has 136 valence electrons. The van der Waals surface area contributed by atoms with Gasteiger partial charge in [0.1, 0.15) is 12.6 Å². The zero-order valence-corrected chi connectivity index (χ0v) is 15.7. The number of ether oxygens (including phenoxy) is 1. The molecule has 2 fully saturated rings. The second-order valence-electron chi connectivity index (χ2n) is 8.24. The van der Waals surface area contributed by atoms with Crippen LogP contribution in [-0.2, 0) is 11.3 Å². The third kappa shape index (κ3) is 3.28. The summed E-state index contributed by atoms with van der Waals surface area (Å²) in [4.78, 5) is 12.4. The fourth-order valence-corrected chi connectivity index (χ4v) is 4.93. The normalized spacial score (nSPS) is 30.2. The lowest BCUT2D eigenvalue weighted by atomic mass is 9.95. The lowest BCUT2D eigenvalue weighted by molar-refractivity contribution is -0.961. The van der Waals surface area contributed by atoms with Crippen molar-refractivity contribution in [3.05, 3.63) is 71.3 Å². The van der Waals surface area contributed by atoms with Crippen molar-refractivity contribution in [3.63, 3.8) is 0 Å². The number of fused-ring (bicyclic) bond motifs is 2. The fraction of sp³-hybridized carbons (Fsp3) is 0.435. The Balaban J connectivity index is 1.43. The molecule has 4 rings (SSSR count). The molecule has 0 saturated carbocycles. The van der Waals surface area contributed by atoms with E-state index >= 15 is 0 Å². The van der Waals surface area contributed by atoms with Gasteiger partial charge in [-0.25, -0.2) is 4.79 Å². The Kier molecular flexibility index (Phi) is 4.58. The summed E-state index contributed by atoms with van der Waals surface area (Å²) in [5.74, 6) is -0.176. The van der Waals surface area contributed by atoms with E-state index in [0.717, 1.165) is 23.9 Å². The SMILES string of the molecule is Cc1ccc(C[N+]2(C)[C@@H]3CC[C@H]2CC(OC(=O)c2ccccc2)C3)cc1. The van der Waals surface area contributed by atoms with Crippen molar-refractivity contribution >= 4 is 5.97 Å². The maximum Gasteiger partial charge on any atom is 0.338 e. The summed E-state index contributed by atoms with van der Waals surface area (Å²) in [6.45, 7) is 3.21. The van der Waals surface area contributed by atoms with Gasteiger partial charge >= 0.3 is 5.97 Å². The number of carbonyl (C=O) groups is 1. The van der Waals surface area contributed by atoms with Gasteiger partial charge in [0.05, 0.1) is 24.7 Å². The maximum atomic E-state index is 12.4. The van der Waals surface area contributed by atoms with Crippen molar-refractivity contribution in [2.45, 2.75) is 57.3 Å². The fourth-order valence-electron chi connectivity index (χ4n) is 4.93. The second kappa shape index (κ2) is 6.88. The van der Waals surface area contributed by atoms with E-state index in [1.165, 1.54) is 24.0 Å². The number of aryl methyl sites for hydroxylation is 1. The summed E-state index contributed by atoms with van der Waals surface area (Å²) in [7, 11) is 2.40. The van der Waals surface area contributed by atoms with Gasteiger partial charge in [-0.05, 0) is 19.1 Å². The molecule has 0 N–H and O–H groups in total. The quantitative estimate of drug-likeness (QED) is 0.600. The molecule has 0 amide bonds. The number of rotatable bonds is 4. The largest absolute Gasteiger partial charge is 0.458 e. The van der Waals surface area contributed by atoms with E-state index in [0.29, 0.717) is 17.6 Å². The van der Waals surface area contributed by atoms with E-state index in [-0.39, 0.29) is 12.1 Å². The molecule has 2 aromatic carbocycles. The Morgan fingerprint density at radius 1 is 1.00 bits per heavy atom. The van der Waals surface area contributed by atoms with Gasteiger partial charge in [-0.15, -0.1) is 0 Å². The first kappa shape index (κ1) is 17.3. The summed E-state index contributed by atoms with van der Waals surface area (Å²) < 4.78 is 6.97. The molecule has 0 aromatic heterocycles. The second-order valence-corrected chi connectivity index (χ2v) is 8.24. The van der Waals surface area contributed by atoms with Gasteiger partial charge < -0.3 is 9.22 Å². The Labute approximate surface area is 156 Å². The highest BCUT2D eigenvalue weighted by atomic mass is 16.5. The maximum absolute atomic E-state index is 12.4. The van der Waals surface area contributed by atoms with Crippen molar-refractivity contribution < 1.29 is 14.0 Å². The molecule has 26 heavy (non-hydrogen) atoms. The van der Waals surface area contributed by atoms with E-state index in [4.69, 9.17) is 4.74 Å². The molecular weight excluding hydrogens is 322 g/mol. The highest BCUT2D eigenvalue weighted by Gasteiger charge is 2.52. The molecule has 2 aliphatic heterocycles. The molecule has 3 heteroatoms. The average molecular weight is 350 g/mol. The Hall–Kier alpha value is -2.13. The van der Waals surface area contributed by atoms with Crippen LogP contribution in [0.3, 0.4) is 0 Å². The third-order valence-electron chi connectivity index (χ3n) is 6.50. The number of piperidine rings is 1. The Bertz CT molecular complexity index is 755. The van der Waals surface area contributed by atoms with Gasteiger partial charge in [-0.1, -0.05) is 48.0 Å². The molecule has 2 aromatic rings. The summed E-state index contributed by atoms with van der Waals surface area (Å²) in [6, 6.07) is 19.5. The monoisotopic (exact) mass is 350 g/mol. The van der Waals surface area contributed by atoms with E-state index in [2.05, 4.69) is 38.2 Å². The minimum absolute atomic E-state index is 0.0597. The van der Waals surface area contributed by atoms with Crippen LogP contribution in [0.2, 0.25) is 0 Å². The molecule has 3 nitrogen and oxygen atoms in total. The van der Waals surface area contributed by atoms with Gasteiger partial charge in [-0.2, -0.15) is 0 Å².